The first kappa shape index (κ1) is 12.9. The lowest BCUT2D eigenvalue weighted by molar-refractivity contribution is 0.600. The van der Waals surface area contributed by atoms with E-state index >= 15 is 0 Å². The van der Waals surface area contributed by atoms with Crippen LogP contribution in [0.2, 0.25) is 0 Å². The maximum Gasteiger partial charge on any atom is 0.0712 e. The van der Waals surface area contributed by atoms with E-state index in [0.29, 0.717) is 0 Å². The lowest BCUT2D eigenvalue weighted by Gasteiger charge is -2.13. The van der Waals surface area contributed by atoms with Crippen LogP contribution in [-0.4, -0.2) is 26.4 Å². The van der Waals surface area contributed by atoms with Gasteiger partial charge in [-0.05, 0) is 25.6 Å². The molecular weight excluding hydrogens is 250 g/mol. The summed E-state index contributed by atoms with van der Waals surface area (Å²) in [5.74, 6) is 0. The molecule has 0 fully saturated rings. The topological polar surface area (TPSA) is 47.2 Å². The Morgan fingerprint density at radius 2 is 2.15 bits per heavy atom. The van der Waals surface area contributed by atoms with E-state index in [1.165, 1.54) is 11.1 Å². The number of fused-ring (bicyclic) bond motifs is 1. The molecule has 0 saturated heterocycles. The monoisotopic (exact) mass is 269 g/mol. The molecule has 3 heterocycles. The first-order valence-corrected chi connectivity index (χ1v) is 6.95. The van der Waals surface area contributed by atoms with Crippen LogP contribution in [0.3, 0.4) is 0 Å². The van der Waals surface area contributed by atoms with E-state index < -0.39 is 0 Å². The summed E-state index contributed by atoms with van der Waals surface area (Å²) >= 11 is 0. The Balaban J connectivity index is 2.00. The Labute approximate surface area is 118 Å². The quantitative estimate of drug-likeness (QED) is 0.773. The van der Waals surface area contributed by atoms with Crippen molar-refractivity contribution in [3.63, 3.8) is 0 Å². The van der Waals surface area contributed by atoms with Gasteiger partial charge < -0.3 is 5.32 Å². The highest BCUT2D eigenvalue weighted by Gasteiger charge is 2.18. The van der Waals surface area contributed by atoms with Crippen molar-refractivity contribution in [1.82, 2.24) is 24.7 Å². The van der Waals surface area contributed by atoms with Gasteiger partial charge in [0.25, 0.3) is 0 Å². The minimum Gasteiger partial charge on any atom is -0.309 e. The molecule has 0 aromatic carbocycles. The van der Waals surface area contributed by atoms with Crippen LogP contribution in [0.4, 0.5) is 0 Å². The minimum absolute atomic E-state index is 0.112. The summed E-state index contributed by atoms with van der Waals surface area (Å²) in [4.78, 5) is 0. The molecule has 20 heavy (non-hydrogen) atoms. The van der Waals surface area contributed by atoms with Gasteiger partial charge in [0.15, 0.2) is 0 Å². The average molecular weight is 269 g/mol. The van der Waals surface area contributed by atoms with E-state index in [1.54, 1.807) is 0 Å². The van der Waals surface area contributed by atoms with E-state index in [0.717, 1.165) is 18.5 Å². The number of aromatic nitrogens is 4. The van der Waals surface area contributed by atoms with E-state index in [1.807, 2.05) is 47.0 Å². The van der Waals surface area contributed by atoms with E-state index in [2.05, 4.69) is 34.7 Å². The van der Waals surface area contributed by atoms with Gasteiger partial charge in [-0.15, -0.1) is 0 Å². The molecule has 0 aliphatic heterocycles. The lowest BCUT2D eigenvalue weighted by Crippen LogP contribution is -2.17. The van der Waals surface area contributed by atoms with Crippen molar-refractivity contribution >= 4 is 5.52 Å². The van der Waals surface area contributed by atoms with Gasteiger partial charge >= 0.3 is 0 Å². The fraction of sp³-hybridized carbons (Fsp3) is 0.333. The van der Waals surface area contributed by atoms with E-state index in [9.17, 15) is 0 Å². The first-order valence-electron chi connectivity index (χ1n) is 6.95. The Kier molecular flexibility index (Phi) is 3.52. The molecule has 1 N–H and O–H groups in total. The summed E-state index contributed by atoms with van der Waals surface area (Å²) in [6, 6.07) is 6.22. The lowest BCUT2D eigenvalue weighted by atomic mass is 10.0. The van der Waals surface area contributed by atoms with Crippen molar-refractivity contribution in [3.8, 4) is 0 Å². The van der Waals surface area contributed by atoms with Crippen LogP contribution in [0.1, 0.15) is 30.5 Å². The van der Waals surface area contributed by atoms with Crippen LogP contribution in [0.5, 0.6) is 0 Å². The van der Waals surface area contributed by atoms with Crippen molar-refractivity contribution in [1.29, 1.82) is 0 Å². The van der Waals surface area contributed by atoms with Crippen molar-refractivity contribution in [3.05, 3.63) is 54.1 Å². The van der Waals surface area contributed by atoms with Crippen LogP contribution in [-0.2, 0) is 6.54 Å². The maximum absolute atomic E-state index is 4.41. The Morgan fingerprint density at radius 3 is 2.95 bits per heavy atom. The molecule has 3 aromatic heterocycles. The number of aryl methyl sites for hydroxylation is 1. The molecular formula is C15H19N5. The predicted octanol–water partition coefficient (Wildman–Crippen LogP) is 2.25. The first-order chi connectivity index (χ1) is 9.83. The number of hydrogen-bond acceptors (Lipinski definition) is 3. The summed E-state index contributed by atoms with van der Waals surface area (Å²) in [5, 5.41) is 12.2. The zero-order valence-electron chi connectivity index (χ0n) is 11.8. The van der Waals surface area contributed by atoms with Gasteiger partial charge in [-0.3, -0.25) is 4.68 Å². The van der Waals surface area contributed by atoms with Crippen molar-refractivity contribution in [2.45, 2.75) is 25.9 Å². The van der Waals surface area contributed by atoms with Gasteiger partial charge in [-0.2, -0.15) is 10.2 Å². The standard InChI is InChI=1S/C15H19N5/c1-3-7-19-11-12(9-17-19)15(16-2)13-10-18-20-8-5-4-6-14(13)20/h4-6,8-11,15-16H,3,7H2,1-2H3. The van der Waals surface area contributed by atoms with Crippen LogP contribution in [0.25, 0.3) is 5.52 Å². The van der Waals surface area contributed by atoms with Crippen LogP contribution in [0.15, 0.2) is 43.0 Å². The van der Waals surface area contributed by atoms with Gasteiger partial charge in [-0.1, -0.05) is 13.0 Å². The Hall–Kier alpha value is -2.14. The van der Waals surface area contributed by atoms with Gasteiger partial charge in [0.2, 0.25) is 0 Å². The molecule has 104 valence electrons. The second kappa shape index (κ2) is 5.46. The number of rotatable bonds is 5. The summed E-state index contributed by atoms with van der Waals surface area (Å²) in [6.07, 6.45) is 9.02. The predicted molar refractivity (Wildman–Crippen MR) is 78.6 cm³/mol. The molecule has 0 aliphatic rings. The summed E-state index contributed by atoms with van der Waals surface area (Å²) in [7, 11) is 1.97. The van der Waals surface area contributed by atoms with Crippen LogP contribution < -0.4 is 5.32 Å². The normalized spacial score (nSPS) is 12.9. The number of hydrogen-bond donors (Lipinski definition) is 1. The molecule has 0 bridgehead atoms. The molecule has 0 radical (unpaired) electrons. The summed E-state index contributed by atoms with van der Waals surface area (Å²) in [5.41, 5.74) is 3.46. The molecule has 0 saturated carbocycles. The fourth-order valence-corrected chi connectivity index (χ4v) is 2.56. The zero-order valence-corrected chi connectivity index (χ0v) is 11.8. The van der Waals surface area contributed by atoms with Crippen molar-refractivity contribution in [2.24, 2.45) is 0 Å². The molecule has 0 amide bonds. The van der Waals surface area contributed by atoms with E-state index in [4.69, 9.17) is 0 Å². The summed E-state index contributed by atoms with van der Waals surface area (Å²) in [6.45, 7) is 3.10. The third-order valence-corrected chi connectivity index (χ3v) is 3.50. The highest BCUT2D eigenvalue weighted by atomic mass is 15.3. The molecule has 0 spiro atoms. The van der Waals surface area contributed by atoms with Crippen molar-refractivity contribution in [2.75, 3.05) is 7.05 Å². The fourth-order valence-electron chi connectivity index (χ4n) is 2.56. The number of nitrogens with one attached hydrogen (secondary N) is 1. The van der Waals surface area contributed by atoms with Gasteiger partial charge in [0.1, 0.15) is 0 Å². The Bertz CT molecular complexity index is 697. The smallest absolute Gasteiger partial charge is 0.0712 e. The van der Waals surface area contributed by atoms with Gasteiger partial charge in [0, 0.05) is 30.1 Å². The molecule has 3 rings (SSSR count). The molecule has 5 nitrogen and oxygen atoms in total. The van der Waals surface area contributed by atoms with Crippen LogP contribution >= 0.6 is 0 Å². The SMILES string of the molecule is CCCn1cc(C(NC)c2cnn3ccccc23)cn1. The molecule has 3 aromatic rings. The average Bonchev–Trinajstić information content (AvgIpc) is 3.09. The molecule has 5 heteroatoms. The number of pyridine rings is 1. The molecule has 1 unspecified atom stereocenters. The highest BCUT2D eigenvalue weighted by molar-refractivity contribution is 5.56. The second-order valence-electron chi connectivity index (χ2n) is 4.89. The second-order valence-corrected chi connectivity index (χ2v) is 4.89. The molecule has 0 aliphatic carbocycles. The summed E-state index contributed by atoms with van der Waals surface area (Å²) < 4.78 is 3.89. The number of nitrogens with zero attached hydrogens (tertiary/aromatic N) is 4. The van der Waals surface area contributed by atoms with Crippen molar-refractivity contribution < 1.29 is 0 Å². The zero-order chi connectivity index (χ0) is 13.9. The molecule has 1 atom stereocenters. The van der Waals surface area contributed by atoms with E-state index in [-0.39, 0.29) is 6.04 Å². The van der Waals surface area contributed by atoms with Gasteiger partial charge in [-0.25, -0.2) is 4.52 Å². The Morgan fingerprint density at radius 1 is 1.25 bits per heavy atom. The van der Waals surface area contributed by atoms with Gasteiger partial charge in [0.05, 0.1) is 24.0 Å². The highest BCUT2D eigenvalue weighted by Crippen LogP contribution is 2.25. The minimum atomic E-state index is 0.112. The van der Waals surface area contributed by atoms with Crippen LogP contribution in [0, 0.1) is 0 Å². The third kappa shape index (κ3) is 2.20. The largest absolute Gasteiger partial charge is 0.309 e. The third-order valence-electron chi connectivity index (χ3n) is 3.50. The maximum atomic E-state index is 4.41.